The molecule has 4 aromatic carbocycles. The SMILES string of the molecule is COc1ccc(C2(c3ccc(OC(=O)Oc4ccc(-c5ccc(OC(C)=O)c(C)c5)cc4C)c(C)c3)CCCCC2)cc1C. The van der Waals surface area contributed by atoms with Gasteiger partial charge in [-0.3, -0.25) is 4.79 Å². The van der Waals surface area contributed by atoms with Crippen LogP contribution in [0.2, 0.25) is 0 Å². The second kappa shape index (κ2) is 13.0. The van der Waals surface area contributed by atoms with E-state index in [1.165, 1.54) is 37.3 Å². The average Bonchev–Trinajstić information content (AvgIpc) is 3.00. The van der Waals surface area contributed by atoms with Gasteiger partial charge in [0.05, 0.1) is 7.11 Å². The van der Waals surface area contributed by atoms with Crippen LogP contribution in [0.3, 0.4) is 0 Å². The van der Waals surface area contributed by atoms with Gasteiger partial charge in [-0.15, -0.1) is 0 Å². The summed E-state index contributed by atoms with van der Waals surface area (Å²) in [6, 6.07) is 23.9. The zero-order valence-electron chi connectivity index (χ0n) is 26.4. The summed E-state index contributed by atoms with van der Waals surface area (Å²) >= 11 is 0. The van der Waals surface area contributed by atoms with Gasteiger partial charge in [0.2, 0.25) is 0 Å². The molecule has 0 unspecified atom stereocenters. The largest absolute Gasteiger partial charge is 0.519 e. The first-order chi connectivity index (χ1) is 21.1. The normalized spacial score (nSPS) is 14.0. The molecular formula is C38H40O6. The van der Waals surface area contributed by atoms with E-state index in [4.69, 9.17) is 18.9 Å². The van der Waals surface area contributed by atoms with E-state index >= 15 is 0 Å². The van der Waals surface area contributed by atoms with Crippen molar-refractivity contribution in [1.29, 1.82) is 0 Å². The van der Waals surface area contributed by atoms with Gasteiger partial charge in [0.1, 0.15) is 23.0 Å². The molecule has 1 aliphatic rings. The van der Waals surface area contributed by atoms with E-state index in [9.17, 15) is 9.59 Å². The van der Waals surface area contributed by atoms with Crippen LogP contribution in [0.1, 0.15) is 72.4 Å². The van der Waals surface area contributed by atoms with E-state index in [1.807, 2.05) is 51.1 Å². The second-order valence-electron chi connectivity index (χ2n) is 11.8. The molecule has 0 atom stereocenters. The minimum absolute atomic E-state index is 0.0861. The number of aryl methyl sites for hydroxylation is 4. The van der Waals surface area contributed by atoms with E-state index in [1.54, 1.807) is 19.2 Å². The lowest BCUT2D eigenvalue weighted by Gasteiger charge is -2.39. The first-order valence-corrected chi connectivity index (χ1v) is 15.2. The molecule has 1 saturated carbocycles. The van der Waals surface area contributed by atoms with Crippen LogP contribution in [0, 0.1) is 27.7 Å². The van der Waals surface area contributed by atoms with Crippen LogP contribution < -0.4 is 18.9 Å². The van der Waals surface area contributed by atoms with Gasteiger partial charge in [-0.2, -0.15) is 0 Å². The third kappa shape index (κ3) is 6.49. The van der Waals surface area contributed by atoms with Crippen LogP contribution in [-0.4, -0.2) is 19.2 Å². The molecule has 0 N–H and O–H groups in total. The fraction of sp³-hybridized carbons (Fsp3) is 0.316. The van der Waals surface area contributed by atoms with Gasteiger partial charge < -0.3 is 18.9 Å². The summed E-state index contributed by atoms with van der Waals surface area (Å²) in [4.78, 5) is 24.2. The number of esters is 1. The third-order valence-corrected chi connectivity index (χ3v) is 8.71. The van der Waals surface area contributed by atoms with Gasteiger partial charge in [0.15, 0.2) is 0 Å². The average molecular weight is 593 g/mol. The highest BCUT2D eigenvalue weighted by atomic mass is 16.7. The Bertz CT molecular complexity index is 1700. The van der Waals surface area contributed by atoms with E-state index in [-0.39, 0.29) is 11.4 Å². The highest BCUT2D eigenvalue weighted by Gasteiger charge is 2.36. The minimum Gasteiger partial charge on any atom is -0.496 e. The highest BCUT2D eigenvalue weighted by Crippen LogP contribution is 2.46. The Hall–Kier alpha value is -4.58. The molecule has 0 radical (unpaired) electrons. The van der Waals surface area contributed by atoms with Crippen molar-refractivity contribution in [2.45, 2.75) is 72.1 Å². The Balaban J connectivity index is 1.31. The van der Waals surface area contributed by atoms with E-state index in [0.717, 1.165) is 52.0 Å². The third-order valence-electron chi connectivity index (χ3n) is 8.71. The molecule has 0 aromatic heterocycles. The smallest absolute Gasteiger partial charge is 0.496 e. The first-order valence-electron chi connectivity index (χ1n) is 15.2. The van der Waals surface area contributed by atoms with E-state index in [2.05, 4.69) is 37.3 Å². The molecule has 1 fully saturated rings. The van der Waals surface area contributed by atoms with E-state index in [0.29, 0.717) is 17.2 Å². The van der Waals surface area contributed by atoms with Crippen molar-refractivity contribution in [2.24, 2.45) is 0 Å². The molecule has 0 bridgehead atoms. The first kappa shape index (κ1) is 30.9. The lowest BCUT2D eigenvalue weighted by atomic mass is 9.65. The zero-order chi connectivity index (χ0) is 31.4. The molecule has 0 saturated heterocycles. The minimum atomic E-state index is -0.781. The van der Waals surface area contributed by atoms with Gasteiger partial charge in [0.25, 0.3) is 0 Å². The van der Waals surface area contributed by atoms with Crippen LogP contribution in [0.15, 0.2) is 72.8 Å². The maximum atomic E-state index is 12.9. The number of hydrogen-bond acceptors (Lipinski definition) is 6. The number of methoxy groups -OCH3 is 1. The number of carbonyl (C=O) groups excluding carboxylic acids is 2. The predicted molar refractivity (Wildman–Crippen MR) is 172 cm³/mol. The summed E-state index contributed by atoms with van der Waals surface area (Å²) in [5, 5.41) is 0. The Morgan fingerprint density at radius 3 is 1.43 bits per heavy atom. The zero-order valence-corrected chi connectivity index (χ0v) is 26.4. The molecule has 5 rings (SSSR count). The molecule has 6 heteroatoms. The molecule has 0 heterocycles. The topological polar surface area (TPSA) is 71.1 Å². The Morgan fingerprint density at radius 1 is 0.568 bits per heavy atom. The summed E-state index contributed by atoms with van der Waals surface area (Å²) in [6.45, 7) is 9.22. The summed E-state index contributed by atoms with van der Waals surface area (Å²) < 4.78 is 22.1. The van der Waals surface area contributed by atoms with Crippen molar-refractivity contribution in [2.75, 3.05) is 7.11 Å². The molecule has 44 heavy (non-hydrogen) atoms. The predicted octanol–water partition coefficient (Wildman–Crippen LogP) is 9.35. The Labute approximate surface area is 259 Å². The molecule has 4 aromatic rings. The molecular weight excluding hydrogens is 552 g/mol. The lowest BCUT2D eigenvalue weighted by molar-refractivity contribution is -0.131. The van der Waals surface area contributed by atoms with Gasteiger partial charge in [0, 0.05) is 12.3 Å². The fourth-order valence-corrected chi connectivity index (χ4v) is 6.38. The summed E-state index contributed by atoms with van der Waals surface area (Å²) in [6.07, 6.45) is 4.96. The van der Waals surface area contributed by atoms with Crippen molar-refractivity contribution >= 4 is 12.1 Å². The van der Waals surface area contributed by atoms with Crippen LogP contribution in [0.4, 0.5) is 4.79 Å². The van der Waals surface area contributed by atoms with Crippen molar-refractivity contribution in [3.8, 4) is 34.1 Å². The van der Waals surface area contributed by atoms with Gasteiger partial charge in [-0.1, -0.05) is 55.7 Å². The Kier molecular flexibility index (Phi) is 9.09. The molecule has 0 amide bonds. The van der Waals surface area contributed by atoms with Crippen LogP contribution in [0.5, 0.6) is 23.0 Å². The van der Waals surface area contributed by atoms with E-state index < -0.39 is 6.16 Å². The maximum Gasteiger partial charge on any atom is 0.519 e. The quantitative estimate of drug-likeness (QED) is 0.121. The van der Waals surface area contributed by atoms with Crippen molar-refractivity contribution in [3.63, 3.8) is 0 Å². The summed E-state index contributed by atoms with van der Waals surface area (Å²) in [5.41, 5.74) is 8.04. The van der Waals surface area contributed by atoms with Crippen LogP contribution >= 0.6 is 0 Å². The highest BCUT2D eigenvalue weighted by molar-refractivity contribution is 5.73. The standard InChI is InChI=1S/C38H40O6/c1-24-20-29(10-14-34(24)42-28(5)39)30-11-15-35(25(2)21-30)43-37(40)44-36-17-13-32(23-27(36)4)38(18-8-7-9-19-38)31-12-16-33(41-6)26(3)22-31/h10-17,20-23H,7-9,18-19H2,1-6H3. The number of benzene rings is 4. The molecule has 228 valence electrons. The van der Waals surface area contributed by atoms with Crippen molar-refractivity contribution in [3.05, 3.63) is 106 Å². The number of hydrogen-bond donors (Lipinski definition) is 0. The van der Waals surface area contributed by atoms with Crippen LogP contribution in [-0.2, 0) is 10.2 Å². The molecule has 1 aliphatic carbocycles. The fourth-order valence-electron chi connectivity index (χ4n) is 6.38. The van der Waals surface area contributed by atoms with Crippen molar-refractivity contribution in [1.82, 2.24) is 0 Å². The Morgan fingerprint density at radius 2 is 1.00 bits per heavy atom. The summed E-state index contributed by atoms with van der Waals surface area (Å²) in [7, 11) is 1.71. The van der Waals surface area contributed by atoms with Crippen molar-refractivity contribution < 1.29 is 28.5 Å². The lowest BCUT2D eigenvalue weighted by Crippen LogP contribution is -2.30. The van der Waals surface area contributed by atoms with Gasteiger partial charge in [-0.05, 0) is 121 Å². The summed E-state index contributed by atoms with van der Waals surface area (Å²) in [5.74, 6) is 1.99. The maximum absolute atomic E-state index is 12.9. The number of ether oxygens (including phenoxy) is 4. The monoisotopic (exact) mass is 592 g/mol. The number of rotatable bonds is 7. The molecule has 6 nitrogen and oxygen atoms in total. The van der Waals surface area contributed by atoms with Gasteiger partial charge in [-0.25, -0.2) is 4.79 Å². The molecule has 0 spiro atoms. The van der Waals surface area contributed by atoms with Crippen LogP contribution in [0.25, 0.3) is 11.1 Å². The molecule has 0 aliphatic heterocycles. The second-order valence-corrected chi connectivity index (χ2v) is 11.8. The van der Waals surface area contributed by atoms with Gasteiger partial charge >= 0.3 is 12.1 Å². The number of carbonyl (C=O) groups is 2.